The Balaban J connectivity index is 1.12. The molecule has 284 valence electrons. The van der Waals surface area contributed by atoms with Crippen molar-refractivity contribution in [3.05, 3.63) is 40.4 Å². The number of benzene rings is 2. The van der Waals surface area contributed by atoms with Crippen molar-refractivity contribution in [3.63, 3.8) is 0 Å². The first kappa shape index (κ1) is 35.6. The predicted octanol–water partition coefficient (Wildman–Crippen LogP) is 6.64. The van der Waals surface area contributed by atoms with Crippen LogP contribution < -0.4 is 20.7 Å². The Morgan fingerprint density at radius 1 is 1.19 bits per heavy atom. The molecule has 5 fully saturated rings. The first-order valence-corrected chi connectivity index (χ1v) is 19.6. The zero-order chi connectivity index (χ0) is 37.6. The number of nitrogens with one attached hydrogen (secondary N) is 1. The second-order valence-corrected chi connectivity index (χ2v) is 17.6. The maximum Gasteiger partial charge on any atom is 0.319 e. The lowest BCUT2D eigenvalue weighted by atomic mass is 9.76. The van der Waals surface area contributed by atoms with Gasteiger partial charge in [0.1, 0.15) is 41.0 Å². The van der Waals surface area contributed by atoms with Crippen LogP contribution in [0.1, 0.15) is 51.0 Å². The van der Waals surface area contributed by atoms with E-state index in [4.69, 9.17) is 31.8 Å². The van der Waals surface area contributed by atoms with Crippen LogP contribution in [-0.2, 0) is 4.74 Å². The molecule has 1 spiro atoms. The molecule has 2 atom stereocenters. The maximum absolute atomic E-state index is 17.3. The molecule has 0 bridgehead atoms. The van der Waals surface area contributed by atoms with Gasteiger partial charge in [0.2, 0.25) is 0 Å². The fourth-order valence-electron chi connectivity index (χ4n) is 9.40. The SMILES string of the molecule is CC1(NC(=O)N2CC3(CCCCN(c4nc(OC[C@@]56CCCN5C[C@H](F)C6)nc5c(F)c(-c6ccc(F)c7sc(N)c(C#N)c67)c(Cl)cc45)C3)C2)COC1. The number of fused-ring (bicyclic) bond motifs is 3. The van der Waals surface area contributed by atoms with Gasteiger partial charge in [0.15, 0.2) is 5.82 Å². The van der Waals surface area contributed by atoms with Crippen molar-refractivity contribution >= 4 is 60.8 Å². The average Bonchev–Trinajstić information content (AvgIpc) is 3.69. The Kier molecular flexibility index (Phi) is 8.57. The van der Waals surface area contributed by atoms with E-state index in [0.717, 1.165) is 50.0 Å². The summed E-state index contributed by atoms with van der Waals surface area (Å²) in [7, 11) is 0. The quantitative estimate of drug-likeness (QED) is 0.221. The molecule has 9 rings (SSSR count). The van der Waals surface area contributed by atoms with Crippen LogP contribution in [0.25, 0.3) is 32.1 Å². The van der Waals surface area contributed by atoms with E-state index in [1.165, 1.54) is 12.1 Å². The topological polar surface area (TPSA) is 133 Å². The highest BCUT2D eigenvalue weighted by atomic mass is 35.5. The van der Waals surface area contributed by atoms with E-state index in [-0.39, 0.29) is 71.9 Å². The van der Waals surface area contributed by atoms with Gasteiger partial charge >= 0.3 is 12.0 Å². The summed E-state index contributed by atoms with van der Waals surface area (Å²) in [6, 6.07) is 6.11. The minimum Gasteiger partial charge on any atom is -0.461 e. The highest BCUT2D eigenvalue weighted by Gasteiger charge is 2.50. The number of carbonyl (C=O) groups excluding carboxylic acids is 1. The van der Waals surface area contributed by atoms with E-state index >= 15 is 8.78 Å². The summed E-state index contributed by atoms with van der Waals surface area (Å²) in [6.45, 7) is 6.53. The number of rotatable bonds is 6. The van der Waals surface area contributed by atoms with Crippen LogP contribution in [-0.4, -0.2) is 102 Å². The number of amides is 2. The van der Waals surface area contributed by atoms with Crippen molar-refractivity contribution in [3.8, 4) is 23.2 Å². The molecule has 0 saturated carbocycles. The van der Waals surface area contributed by atoms with Crippen LogP contribution in [0.5, 0.6) is 6.01 Å². The number of likely N-dealkylation sites (tertiary alicyclic amines) is 1. The fraction of sp³-hybridized carbons (Fsp3) is 0.526. The summed E-state index contributed by atoms with van der Waals surface area (Å²) in [5, 5.41) is 13.8. The number of urea groups is 1. The van der Waals surface area contributed by atoms with Gasteiger partial charge in [0, 0.05) is 60.9 Å². The van der Waals surface area contributed by atoms with Gasteiger partial charge in [-0.15, -0.1) is 11.3 Å². The highest BCUT2D eigenvalue weighted by Crippen LogP contribution is 2.47. The van der Waals surface area contributed by atoms with Gasteiger partial charge in [-0.25, -0.2) is 18.0 Å². The molecular formula is C38H40ClF3N8O3S. The van der Waals surface area contributed by atoms with E-state index in [0.29, 0.717) is 63.6 Å². The molecule has 2 aromatic heterocycles. The minimum absolute atomic E-state index is 0.0324. The second-order valence-electron chi connectivity index (χ2n) is 16.1. The van der Waals surface area contributed by atoms with Gasteiger partial charge in [-0.3, -0.25) is 4.90 Å². The normalized spacial score (nSPS) is 24.6. The summed E-state index contributed by atoms with van der Waals surface area (Å²) >= 11 is 7.88. The van der Waals surface area contributed by atoms with Crippen molar-refractivity contribution in [1.82, 2.24) is 25.1 Å². The summed E-state index contributed by atoms with van der Waals surface area (Å²) < 4.78 is 58.7. The smallest absolute Gasteiger partial charge is 0.319 e. The van der Waals surface area contributed by atoms with Crippen molar-refractivity contribution < 1.29 is 27.4 Å². The Hall–Kier alpha value is -4.10. The zero-order valence-electron chi connectivity index (χ0n) is 29.8. The number of thiophene rings is 1. The van der Waals surface area contributed by atoms with E-state index in [9.17, 15) is 14.4 Å². The fourth-order valence-corrected chi connectivity index (χ4v) is 10.6. The van der Waals surface area contributed by atoms with Crippen molar-refractivity contribution in [2.24, 2.45) is 5.41 Å². The summed E-state index contributed by atoms with van der Waals surface area (Å²) in [5.74, 6) is -0.911. The standard InChI is InChI=1S/C38H40ClF3N8O3S/c1-36(18-52-19-36)47-35(51)49-16-37(17-49)7-2-3-9-48(15-37)33-23-11-25(39)28(22-5-6-26(41)31-27(22)24(13-43)32(44)54-31)29(42)30(23)45-34(46-33)53-20-38-8-4-10-50(38)14-21(40)12-38/h5-6,11,21H,2-4,7-10,12,14-20,44H2,1H3,(H,47,51)/t21-,38+/m1/s1. The molecule has 4 aromatic rings. The Morgan fingerprint density at radius 2 is 2.00 bits per heavy atom. The van der Waals surface area contributed by atoms with Crippen LogP contribution in [0, 0.1) is 28.4 Å². The van der Waals surface area contributed by atoms with Crippen LogP contribution in [0.4, 0.5) is 28.8 Å². The number of hydrogen-bond acceptors (Lipinski definition) is 10. The van der Waals surface area contributed by atoms with Crippen LogP contribution in [0.15, 0.2) is 18.2 Å². The van der Waals surface area contributed by atoms with E-state index in [1.807, 2.05) is 17.9 Å². The van der Waals surface area contributed by atoms with Crippen molar-refractivity contribution in [2.45, 2.75) is 62.7 Å². The Labute approximate surface area is 319 Å². The number of aromatic nitrogens is 2. The number of hydrogen-bond donors (Lipinski definition) is 2. The number of nitrogen functional groups attached to an aromatic ring is 1. The molecule has 54 heavy (non-hydrogen) atoms. The average molecular weight is 781 g/mol. The molecule has 0 unspecified atom stereocenters. The molecule has 7 heterocycles. The molecule has 11 nitrogen and oxygen atoms in total. The van der Waals surface area contributed by atoms with E-state index < -0.39 is 23.3 Å². The molecule has 0 radical (unpaired) electrons. The lowest BCUT2D eigenvalue weighted by Gasteiger charge is -2.52. The monoisotopic (exact) mass is 780 g/mol. The third-order valence-corrected chi connectivity index (χ3v) is 13.4. The third kappa shape index (κ3) is 5.79. The number of nitrogens with zero attached hydrogens (tertiary/aromatic N) is 6. The number of nitrogens with two attached hydrogens (primary N) is 1. The largest absolute Gasteiger partial charge is 0.461 e. The molecule has 16 heteroatoms. The number of carbonyl (C=O) groups is 1. The van der Waals surface area contributed by atoms with Gasteiger partial charge in [-0.1, -0.05) is 24.1 Å². The molecule has 5 saturated heterocycles. The summed E-state index contributed by atoms with van der Waals surface area (Å²) in [6.07, 6.45) is 3.79. The highest BCUT2D eigenvalue weighted by molar-refractivity contribution is 7.23. The lowest BCUT2D eigenvalue weighted by molar-refractivity contribution is -0.0634. The summed E-state index contributed by atoms with van der Waals surface area (Å²) in [4.78, 5) is 28.8. The lowest BCUT2D eigenvalue weighted by Crippen LogP contribution is -2.68. The van der Waals surface area contributed by atoms with Crippen LogP contribution >= 0.6 is 22.9 Å². The molecular weight excluding hydrogens is 741 g/mol. The van der Waals surface area contributed by atoms with Crippen molar-refractivity contribution in [2.75, 3.05) is 69.7 Å². The van der Waals surface area contributed by atoms with Crippen LogP contribution in [0.3, 0.4) is 0 Å². The van der Waals surface area contributed by atoms with E-state index in [1.54, 1.807) is 6.07 Å². The number of nitriles is 1. The minimum atomic E-state index is -0.955. The number of halogens is 4. The maximum atomic E-state index is 17.3. The second kappa shape index (κ2) is 13.0. The third-order valence-electron chi connectivity index (χ3n) is 12.1. The Bertz CT molecular complexity index is 2240. The molecule has 2 amide bonds. The van der Waals surface area contributed by atoms with E-state index in [2.05, 4.69) is 20.1 Å². The van der Waals surface area contributed by atoms with Crippen LogP contribution in [0.2, 0.25) is 5.02 Å². The number of alkyl halides is 1. The van der Waals surface area contributed by atoms with Gasteiger partial charge < -0.3 is 30.3 Å². The number of ether oxygens (including phenoxy) is 2. The zero-order valence-corrected chi connectivity index (χ0v) is 31.4. The van der Waals surface area contributed by atoms with Gasteiger partial charge in [0.25, 0.3) is 0 Å². The van der Waals surface area contributed by atoms with Gasteiger partial charge in [-0.05, 0) is 56.8 Å². The molecule has 5 aliphatic rings. The summed E-state index contributed by atoms with van der Waals surface area (Å²) in [5.41, 5.74) is 5.22. The molecule has 5 aliphatic heterocycles. The first-order valence-electron chi connectivity index (χ1n) is 18.4. The number of anilines is 2. The van der Waals surface area contributed by atoms with Crippen molar-refractivity contribution in [1.29, 1.82) is 5.26 Å². The van der Waals surface area contributed by atoms with Gasteiger partial charge in [-0.2, -0.15) is 15.2 Å². The first-order chi connectivity index (χ1) is 25.9. The van der Waals surface area contributed by atoms with Gasteiger partial charge in [0.05, 0.1) is 39.6 Å². The molecule has 0 aliphatic carbocycles. The predicted molar refractivity (Wildman–Crippen MR) is 201 cm³/mol. The molecule has 2 aromatic carbocycles. The molecule has 3 N–H and O–H groups in total. The Morgan fingerprint density at radius 3 is 2.76 bits per heavy atom.